The van der Waals surface area contributed by atoms with Gasteiger partial charge in [-0.3, -0.25) is 4.79 Å². The van der Waals surface area contributed by atoms with Crippen LogP contribution in [0.15, 0.2) is 52.1 Å². The Hall–Kier alpha value is -1.18. The largest absolute Gasteiger partial charge is 0.396 e. The number of ether oxygens (including phenoxy) is 1. The predicted octanol–water partition coefficient (Wildman–Crippen LogP) is 5.55. The third-order valence-corrected chi connectivity index (χ3v) is 5.32. The lowest BCUT2D eigenvalue weighted by molar-refractivity contribution is -0.121. The molecule has 162 valence electrons. The number of aliphatic hydroxyl groups is 1. The van der Waals surface area contributed by atoms with Crippen LogP contribution < -0.4 is 5.32 Å². The van der Waals surface area contributed by atoms with E-state index in [0.717, 1.165) is 43.2 Å². The maximum atomic E-state index is 12.4. The Labute approximate surface area is 190 Å². The highest BCUT2D eigenvalue weighted by molar-refractivity contribution is 14.1. The molecule has 1 amide bonds. The lowest BCUT2D eigenvalue weighted by atomic mass is 9.94. The van der Waals surface area contributed by atoms with Gasteiger partial charge in [0.15, 0.2) is 0 Å². The Balaban J connectivity index is 2.49. The molecule has 1 aromatic rings. The highest BCUT2D eigenvalue weighted by atomic mass is 127. The number of halogens is 1. The van der Waals surface area contributed by atoms with Crippen molar-refractivity contribution in [1.82, 2.24) is 5.32 Å². The standard InChI is InChI=1S/C24H36INO3/c1-20(14-16-25)24(26-23(28)13-9-4-3-5-10-17-27)21(2)15-18-29-19-22-11-7-6-8-12-22/h6-8,11-12,14-16,20,24,27H,3-5,9-10,13,17-19H2,1-2H3,(H,26,28). The van der Waals surface area contributed by atoms with Gasteiger partial charge in [-0.1, -0.05) is 96.8 Å². The number of nitrogens with one attached hydrogen (secondary N) is 1. The van der Waals surface area contributed by atoms with Crippen LogP contribution in [0.2, 0.25) is 0 Å². The predicted molar refractivity (Wildman–Crippen MR) is 129 cm³/mol. The van der Waals surface area contributed by atoms with Gasteiger partial charge in [-0.2, -0.15) is 0 Å². The molecule has 0 radical (unpaired) electrons. The molecule has 1 rings (SSSR count). The van der Waals surface area contributed by atoms with Crippen LogP contribution in [0.5, 0.6) is 0 Å². The van der Waals surface area contributed by atoms with Gasteiger partial charge in [0.25, 0.3) is 0 Å². The molecule has 0 aromatic heterocycles. The monoisotopic (exact) mass is 513 g/mol. The molecule has 2 unspecified atom stereocenters. The zero-order valence-corrected chi connectivity index (χ0v) is 19.9. The lowest BCUT2D eigenvalue weighted by Gasteiger charge is -2.24. The van der Waals surface area contributed by atoms with Crippen molar-refractivity contribution in [1.29, 1.82) is 0 Å². The fraction of sp³-hybridized carbons (Fsp3) is 0.542. The second kappa shape index (κ2) is 16.6. The van der Waals surface area contributed by atoms with Gasteiger partial charge in [0.05, 0.1) is 19.3 Å². The van der Waals surface area contributed by atoms with Gasteiger partial charge in [-0.25, -0.2) is 0 Å². The summed E-state index contributed by atoms with van der Waals surface area (Å²) < 4.78 is 7.77. The first-order valence-corrected chi connectivity index (χ1v) is 11.8. The van der Waals surface area contributed by atoms with E-state index in [4.69, 9.17) is 9.84 Å². The molecule has 29 heavy (non-hydrogen) atoms. The van der Waals surface area contributed by atoms with E-state index in [1.807, 2.05) is 22.3 Å². The molecule has 1 aromatic carbocycles. The molecule has 0 saturated heterocycles. The number of carbonyl (C=O) groups excluding carboxylic acids is 1. The molecule has 2 atom stereocenters. The van der Waals surface area contributed by atoms with Crippen LogP contribution in [-0.2, 0) is 16.1 Å². The second-order valence-electron chi connectivity index (χ2n) is 7.41. The highest BCUT2D eigenvalue weighted by Crippen LogP contribution is 2.16. The SMILES string of the molecule is CC(=CCOCc1ccccc1)C(NC(=O)CCCCCCCO)C(C)C=CI. The Morgan fingerprint density at radius 2 is 1.86 bits per heavy atom. The van der Waals surface area contributed by atoms with E-state index in [1.165, 1.54) is 0 Å². The van der Waals surface area contributed by atoms with E-state index in [-0.39, 0.29) is 24.5 Å². The lowest BCUT2D eigenvalue weighted by Crippen LogP contribution is -2.39. The van der Waals surface area contributed by atoms with Crippen molar-refractivity contribution in [2.24, 2.45) is 5.92 Å². The first kappa shape index (κ1) is 25.9. The van der Waals surface area contributed by atoms with Crippen LogP contribution in [0.4, 0.5) is 0 Å². The van der Waals surface area contributed by atoms with Crippen molar-refractivity contribution in [3.05, 3.63) is 57.7 Å². The van der Waals surface area contributed by atoms with E-state index in [1.54, 1.807) is 0 Å². The number of hydrogen-bond acceptors (Lipinski definition) is 3. The summed E-state index contributed by atoms with van der Waals surface area (Å²) in [7, 11) is 0. The Morgan fingerprint density at radius 3 is 2.55 bits per heavy atom. The number of benzene rings is 1. The molecule has 2 N–H and O–H groups in total. The summed E-state index contributed by atoms with van der Waals surface area (Å²) in [5.74, 6) is 0.314. The van der Waals surface area contributed by atoms with E-state index < -0.39 is 0 Å². The fourth-order valence-electron chi connectivity index (χ4n) is 3.13. The quantitative estimate of drug-likeness (QED) is 0.184. The van der Waals surface area contributed by atoms with Crippen molar-refractivity contribution in [2.45, 2.75) is 65.0 Å². The van der Waals surface area contributed by atoms with Crippen LogP contribution in [-0.4, -0.2) is 30.3 Å². The molecule has 0 aliphatic heterocycles. The maximum Gasteiger partial charge on any atom is 0.220 e. The molecule has 0 aliphatic carbocycles. The van der Waals surface area contributed by atoms with Crippen LogP contribution >= 0.6 is 22.6 Å². The molecular weight excluding hydrogens is 477 g/mol. The molecule has 0 fully saturated rings. The third-order valence-electron chi connectivity index (χ3n) is 4.91. The number of rotatable bonds is 15. The minimum Gasteiger partial charge on any atom is -0.396 e. The summed E-state index contributed by atoms with van der Waals surface area (Å²) in [5, 5.41) is 12.0. The van der Waals surface area contributed by atoms with Gasteiger partial charge >= 0.3 is 0 Å². The Kier molecular flexibility index (Phi) is 14.8. The minimum atomic E-state index is -0.0248. The van der Waals surface area contributed by atoms with E-state index in [0.29, 0.717) is 19.6 Å². The molecule has 0 spiro atoms. The zero-order valence-electron chi connectivity index (χ0n) is 17.8. The summed E-state index contributed by atoms with van der Waals surface area (Å²) in [6, 6.07) is 10.1. The average molecular weight is 513 g/mol. The zero-order chi connectivity index (χ0) is 21.3. The van der Waals surface area contributed by atoms with Crippen molar-refractivity contribution < 1.29 is 14.6 Å². The number of unbranched alkanes of at least 4 members (excludes halogenated alkanes) is 4. The van der Waals surface area contributed by atoms with E-state index >= 15 is 0 Å². The van der Waals surface area contributed by atoms with Crippen LogP contribution in [0.1, 0.15) is 57.9 Å². The van der Waals surface area contributed by atoms with Crippen molar-refractivity contribution in [2.75, 3.05) is 13.2 Å². The molecule has 0 aliphatic rings. The Morgan fingerprint density at radius 1 is 1.17 bits per heavy atom. The van der Waals surface area contributed by atoms with Crippen molar-refractivity contribution in [3.63, 3.8) is 0 Å². The van der Waals surface area contributed by atoms with E-state index in [2.05, 4.69) is 66.0 Å². The Bertz CT molecular complexity index is 616. The number of hydrogen-bond donors (Lipinski definition) is 2. The summed E-state index contributed by atoms with van der Waals surface area (Å²) in [4.78, 5) is 12.4. The number of amides is 1. The maximum absolute atomic E-state index is 12.4. The molecule has 0 bridgehead atoms. The van der Waals surface area contributed by atoms with Crippen LogP contribution in [0.25, 0.3) is 0 Å². The minimum absolute atomic E-state index is 0.0248. The van der Waals surface area contributed by atoms with Crippen molar-refractivity contribution in [3.8, 4) is 0 Å². The summed E-state index contributed by atoms with van der Waals surface area (Å²) >= 11 is 2.22. The summed E-state index contributed by atoms with van der Waals surface area (Å²) in [6.07, 6.45) is 9.61. The molecule has 4 nitrogen and oxygen atoms in total. The first-order chi connectivity index (χ1) is 14.1. The van der Waals surface area contributed by atoms with Gasteiger partial charge in [0.2, 0.25) is 5.91 Å². The molecular formula is C24H36INO3. The van der Waals surface area contributed by atoms with Crippen molar-refractivity contribution >= 4 is 28.5 Å². The summed E-state index contributed by atoms with van der Waals surface area (Å²) in [5.41, 5.74) is 2.28. The molecule has 0 saturated carbocycles. The van der Waals surface area contributed by atoms with Gasteiger partial charge in [0, 0.05) is 13.0 Å². The van der Waals surface area contributed by atoms with E-state index in [9.17, 15) is 4.79 Å². The second-order valence-corrected chi connectivity index (χ2v) is 8.13. The fourth-order valence-corrected chi connectivity index (χ4v) is 3.78. The normalized spacial score (nSPS) is 14.1. The van der Waals surface area contributed by atoms with Gasteiger partial charge in [0.1, 0.15) is 0 Å². The van der Waals surface area contributed by atoms with Gasteiger partial charge in [-0.15, -0.1) is 0 Å². The highest BCUT2D eigenvalue weighted by Gasteiger charge is 2.19. The smallest absolute Gasteiger partial charge is 0.220 e. The number of aliphatic hydroxyl groups excluding tert-OH is 1. The van der Waals surface area contributed by atoms with Crippen LogP contribution in [0.3, 0.4) is 0 Å². The van der Waals surface area contributed by atoms with Crippen LogP contribution in [0, 0.1) is 5.92 Å². The first-order valence-electron chi connectivity index (χ1n) is 10.5. The van der Waals surface area contributed by atoms with Gasteiger partial charge in [-0.05, 0) is 35.3 Å². The third kappa shape index (κ3) is 12.2. The average Bonchev–Trinajstić information content (AvgIpc) is 2.72. The molecule has 5 heteroatoms. The number of carbonyl (C=O) groups is 1. The topological polar surface area (TPSA) is 58.6 Å². The van der Waals surface area contributed by atoms with Gasteiger partial charge < -0.3 is 15.2 Å². The summed E-state index contributed by atoms with van der Waals surface area (Å²) in [6.45, 7) is 5.55. The molecule has 0 heterocycles.